The van der Waals surface area contributed by atoms with E-state index >= 15 is 0 Å². The second-order valence-corrected chi connectivity index (χ2v) is 11.3. The van der Waals surface area contributed by atoms with Crippen molar-refractivity contribution >= 4 is 27.8 Å². The Morgan fingerprint density at radius 3 is 1.34 bits per heavy atom. The zero-order valence-corrected chi connectivity index (χ0v) is 25.6. The minimum absolute atomic E-state index is 0.609. The summed E-state index contributed by atoms with van der Waals surface area (Å²) in [4.78, 5) is 17.7. The molecule has 0 unspecified atom stereocenters. The fraction of sp³-hybridized carbons (Fsp3) is 0. The Balaban J connectivity index is 1.36. The number of aromatic nitrogens is 3. The van der Waals surface area contributed by atoms with E-state index in [1.807, 2.05) is 54.6 Å². The highest BCUT2D eigenvalue weighted by Gasteiger charge is 2.21. The Morgan fingerprint density at radius 2 is 0.723 bits per heavy atom. The van der Waals surface area contributed by atoms with Gasteiger partial charge in [0.25, 0.3) is 0 Å². The summed E-state index contributed by atoms with van der Waals surface area (Å²) in [5.74, 6) is 1.87. The highest BCUT2D eigenvalue weighted by molar-refractivity contribution is 6.04. The van der Waals surface area contributed by atoms with Crippen LogP contribution in [0.5, 0.6) is 0 Å². The van der Waals surface area contributed by atoms with E-state index in [9.17, 15) is 0 Å². The minimum atomic E-state index is 0.609. The molecule has 0 saturated carbocycles. The molecule has 0 aliphatic heterocycles. The molecule has 47 heavy (non-hydrogen) atoms. The molecule has 0 aliphatic rings. The number of fused-ring (bicyclic) bond motifs is 1. The molecule has 0 fully saturated rings. The van der Waals surface area contributed by atoms with Gasteiger partial charge in [0.1, 0.15) is 0 Å². The monoisotopic (exact) mass is 602 g/mol. The number of anilines is 3. The van der Waals surface area contributed by atoms with Crippen LogP contribution in [-0.4, -0.2) is 15.0 Å². The second kappa shape index (κ2) is 12.5. The van der Waals surface area contributed by atoms with E-state index in [-0.39, 0.29) is 0 Å². The van der Waals surface area contributed by atoms with Crippen molar-refractivity contribution in [3.05, 3.63) is 182 Å². The summed E-state index contributed by atoms with van der Waals surface area (Å²) in [5, 5.41) is 2.24. The van der Waals surface area contributed by atoms with Crippen LogP contribution in [0.3, 0.4) is 0 Å². The smallest absolute Gasteiger partial charge is 0.166 e. The lowest BCUT2D eigenvalue weighted by Gasteiger charge is -2.27. The van der Waals surface area contributed by atoms with Crippen LogP contribution in [-0.2, 0) is 0 Å². The average molecular weight is 603 g/mol. The Bertz CT molecular complexity index is 2250. The Labute approximate surface area is 274 Å². The lowest BCUT2D eigenvalue weighted by Crippen LogP contribution is -2.12. The van der Waals surface area contributed by atoms with Crippen molar-refractivity contribution in [2.24, 2.45) is 0 Å². The van der Waals surface area contributed by atoms with Gasteiger partial charge in [-0.15, -0.1) is 0 Å². The summed E-state index contributed by atoms with van der Waals surface area (Å²) < 4.78 is 0. The van der Waals surface area contributed by atoms with Crippen molar-refractivity contribution < 1.29 is 0 Å². The number of hydrogen-bond acceptors (Lipinski definition) is 4. The van der Waals surface area contributed by atoms with Gasteiger partial charge >= 0.3 is 0 Å². The van der Waals surface area contributed by atoms with E-state index < -0.39 is 0 Å². The van der Waals surface area contributed by atoms with Gasteiger partial charge in [-0.05, 0) is 64.4 Å². The molecule has 4 nitrogen and oxygen atoms in total. The normalized spacial score (nSPS) is 11.0. The van der Waals surface area contributed by atoms with Gasteiger partial charge in [0.05, 0.1) is 5.69 Å². The molecule has 0 aliphatic carbocycles. The van der Waals surface area contributed by atoms with Crippen LogP contribution in [0, 0.1) is 0 Å². The van der Waals surface area contributed by atoms with Gasteiger partial charge in [-0.25, -0.2) is 15.0 Å². The van der Waals surface area contributed by atoms with Crippen LogP contribution in [0.15, 0.2) is 182 Å². The third-order valence-corrected chi connectivity index (χ3v) is 8.33. The number of benzene rings is 7. The topological polar surface area (TPSA) is 41.9 Å². The van der Waals surface area contributed by atoms with E-state index in [0.29, 0.717) is 17.5 Å². The molecule has 222 valence electrons. The molecule has 8 aromatic rings. The molecule has 1 aromatic heterocycles. The molecular formula is C43H30N4. The van der Waals surface area contributed by atoms with Crippen LogP contribution < -0.4 is 4.90 Å². The predicted molar refractivity (Wildman–Crippen MR) is 194 cm³/mol. The van der Waals surface area contributed by atoms with Gasteiger partial charge < -0.3 is 4.90 Å². The first kappa shape index (κ1) is 28.1. The third-order valence-electron chi connectivity index (χ3n) is 8.33. The second-order valence-electron chi connectivity index (χ2n) is 11.3. The maximum Gasteiger partial charge on any atom is 0.166 e. The highest BCUT2D eigenvalue weighted by atomic mass is 15.1. The quantitative estimate of drug-likeness (QED) is 0.182. The molecule has 1 heterocycles. The average Bonchev–Trinajstić information content (AvgIpc) is 3.16. The van der Waals surface area contributed by atoms with Crippen LogP contribution in [0.1, 0.15) is 0 Å². The maximum absolute atomic E-state index is 5.23. The van der Waals surface area contributed by atoms with Crippen molar-refractivity contribution in [1.29, 1.82) is 0 Å². The SMILES string of the molecule is c1ccc(-c2nc(-c3ccccc3N(c3ccccc3)c3ccccc3)nc(-c3ccc(-c4ccccc4)c4ccccc34)n2)cc1. The van der Waals surface area contributed by atoms with Crippen molar-refractivity contribution in [3.8, 4) is 45.3 Å². The van der Waals surface area contributed by atoms with Gasteiger partial charge in [-0.3, -0.25) is 0 Å². The van der Waals surface area contributed by atoms with E-state index in [1.54, 1.807) is 0 Å². The Hall–Kier alpha value is -6.39. The van der Waals surface area contributed by atoms with Gasteiger partial charge in [0.15, 0.2) is 17.5 Å². The highest BCUT2D eigenvalue weighted by Crippen LogP contribution is 2.41. The third kappa shape index (κ3) is 5.54. The first-order valence-electron chi connectivity index (χ1n) is 15.7. The summed E-state index contributed by atoms with van der Waals surface area (Å²) in [7, 11) is 0. The van der Waals surface area contributed by atoms with Crippen molar-refractivity contribution in [1.82, 2.24) is 15.0 Å². The largest absolute Gasteiger partial charge is 0.310 e. The number of rotatable bonds is 7. The zero-order valence-electron chi connectivity index (χ0n) is 25.6. The van der Waals surface area contributed by atoms with Crippen molar-refractivity contribution in [3.63, 3.8) is 0 Å². The fourth-order valence-electron chi connectivity index (χ4n) is 6.14. The summed E-state index contributed by atoms with van der Waals surface area (Å²) in [6.45, 7) is 0. The lowest BCUT2D eigenvalue weighted by molar-refractivity contribution is 1.07. The predicted octanol–water partition coefficient (Wildman–Crippen LogP) is 11.2. The summed E-state index contributed by atoms with van der Waals surface area (Å²) in [6, 6.07) is 62.6. The number of para-hydroxylation sites is 3. The molecule has 7 aromatic carbocycles. The Morgan fingerprint density at radius 1 is 0.298 bits per heavy atom. The van der Waals surface area contributed by atoms with Crippen LogP contribution in [0.25, 0.3) is 56.1 Å². The van der Waals surface area contributed by atoms with Gasteiger partial charge in [-0.1, -0.05) is 140 Å². The number of nitrogens with zero attached hydrogens (tertiary/aromatic N) is 4. The number of hydrogen-bond donors (Lipinski definition) is 0. The molecule has 0 radical (unpaired) electrons. The van der Waals surface area contributed by atoms with Crippen molar-refractivity contribution in [2.45, 2.75) is 0 Å². The molecule has 0 atom stereocenters. The van der Waals surface area contributed by atoms with Crippen LogP contribution in [0.2, 0.25) is 0 Å². The van der Waals surface area contributed by atoms with E-state index in [2.05, 4.69) is 132 Å². The first-order chi connectivity index (χ1) is 23.3. The fourth-order valence-corrected chi connectivity index (χ4v) is 6.14. The van der Waals surface area contributed by atoms with Crippen LogP contribution in [0.4, 0.5) is 17.1 Å². The molecular weight excluding hydrogens is 573 g/mol. The van der Waals surface area contributed by atoms with Crippen LogP contribution >= 0.6 is 0 Å². The molecule has 0 spiro atoms. The standard InChI is InChI=1S/C43H30N4/c1-5-17-31(18-6-1)35-29-30-38(37-26-14-13-25-36(35)37)42-44-41(32-19-7-2-8-20-32)45-43(46-42)39-27-15-16-28-40(39)47(33-21-9-3-10-22-33)34-23-11-4-12-24-34/h1-30H. The van der Waals surface area contributed by atoms with E-state index in [1.165, 1.54) is 11.1 Å². The Kier molecular flexibility index (Phi) is 7.50. The van der Waals surface area contributed by atoms with Gasteiger partial charge in [0, 0.05) is 28.1 Å². The first-order valence-corrected chi connectivity index (χ1v) is 15.7. The zero-order chi connectivity index (χ0) is 31.4. The molecule has 0 amide bonds. The van der Waals surface area contributed by atoms with Gasteiger partial charge in [-0.2, -0.15) is 0 Å². The van der Waals surface area contributed by atoms with E-state index in [0.717, 1.165) is 44.5 Å². The summed E-state index contributed by atoms with van der Waals surface area (Å²) in [6.07, 6.45) is 0. The van der Waals surface area contributed by atoms with Gasteiger partial charge in [0.2, 0.25) is 0 Å². The molecule has 8 rings (SSSR count). The molecule has 0 N–H and O–H groups in total. The summed E-state index contributed by atoms with van der Waals surface area (Å²) in [5.41, 5.74) is 8.22. The summed E-state index contributed by atoms with van der Waals surface area (Å²) >= 11 is 0. The molecule has 0 bridgehead atoms. The van der Waals surface area contributed by atoms with Crippen molar-refractivity contribution in [2.75, 3.05) is 4.90 Å². The maximum atomic E-state index is 5.23. The van der Waals surface area contributed by atoms with E-state index in [4.69, 9.17) is 15.0 Å². The lowest BCUT2D eigenvalue weighted by atomic mass is 9.94. The minimum Gasteiger partial charge on any atom is -0.310 e. The molecule has 4 heteroatoms. The molecule has 0 saturated heterocycles.